The molecule has 0 amide bonds. The standard InChI is InChI=1S/6CN.Co.12H2O.Zn/c6*1-2;;;;;;;;;;;;;;/h;;;;;;;12*1H2;/q6*-1;+3;;;;;;;;;;;;;+2. The van der Waals surface area contributed by atoms with Crippen LogP contribution in [0.15, 0.2) is 0 Å². The summed E-state index contributed by atoms with van der Waals surface area (Å²) in [7, 11) is 0. The Bertz CT molecular complexity index is 123. The molecule has 0 aromatic carbocycles. The van der Waals surface area contributed by atoms with Gasteiger partial charge in [0.15, 0.2) is 0 Å². The molecule has 0 atom stereocenters. The third-order valence-corrected chi connectivity index (χ3v) is 0. The molecule has 162 valence electrons. The van der Waals surface area contributed by atoms with Crippen LogP contribution in [-0.4, -0.2) is 65.7 Å². The molecule has 20 heteroatoms. The van der Waals surface area contributed by atoms with Crippen LogP contribution in [0.2, 0.25) is 0 Å². The van der Waals surface area contributed by atoms with E-state index < -0.39 is 0 Å². The van der Waals surface area contributed by atoms with Crippen molar-refractivity contribution in [3.05, 3.63) is 39.4 Å². The summed E-state index contributed by atoms with van der Waals surface area (Å²) in [6.07, 6.45) is 0. The van der Waals surface area contributed by atoms with Gasteiger partial charge in [0, 0.05) is 0 Å². The second kappa shape index (κ2) is 1810. The van der Waals surface area contributed by atoms with E-state index in [1.807, 2.05) is 0 Å². The Balaban J connectivity index is -0.000000000833. The Morgan fingerprint density at radius 3 is 0.231 bits per heavy atom. The quantitative estimate of drug-likeness (QED) is 0.231. The molecule has 24 N–H and O–H groups in total. The molecule has 0 saturated carbocycles. The predicted octanol–water partition coefficient (Wildman–Crippen LogP) is -9.32. The summed E-state index contributed by atoms with van der Waals surface area (Å²) >= 11 is 0. The van der Waals surface area contributed by atoms with E-state index in [1.165, 1.54) is 0 Å². The van der Waals surface area contributed by atoms with Gasteiger partial charge in [-0.25, -0.2) is 0 Å². The second-order valence-corrected chi connectivity index (χ2v) is 0. The molecule has 0 spiro atoms. The average Bonchev–Trinajstić information content (AvgIpc) is 2.33. The smallest absolute Gasteiger partial charge is 0.512 e. The van der Waals surface area contributed by atoms with E-state index in [1.54, 1.807) is 0 Å². The van der Waals surface area contributed by atoms with Crippen LogP contribution in [0, 0.1) is 71.0 Å². The minimum Gasteiger partial charge on any atom is -0.512 e. The van der Waals surface area contributed by atoms with E-state index >= 15 is 0 Å². The molecule has 0 bridgehead atoms. The Morgan fingerprint density at radius 2 is 0.231 bits per heavy atom. The van der Waals surface area contributed by atoms with Crippen LogP contribution in [0.5, 0.6) is 0 Å². The van der Waals surface area contributed by atoms with Gasteiger partial charge in [0.25, 0.3) is 0 Å². The van der Waals surface area contributed by atoms with Crippen LogP contribution in [0.4, 0.5) is 0 Å². The first-order valence-electron chi connectivity index (χ1n) is 1.34. The molecule has 0 heterocycles. The van der Waals surface area contributed by atoms with Crippen molar-refractivity contribution in [2.75, 3.05) is 0 Å². The van der Waals surface area contributed by atoms with Crippen molar-refractivity contribution in [3.8, 4) is 0 Å². The van der Waals surface area contributed by atoms with Crippen molar-refractivity contribution in [1.82, 2.24) is 0 Å². The summed E-state index contributed by atoms with van der Waals surface area (Å²) in [5.74, 6) is 0. The summed E-state index contributed by atoms with van der Waals surface area (Å²) in [4.78, 5) is 0. The summed E-state index contributed by atoms with van der Waals surface area (Å²) in [5.41, 5.74) is 0. The molecule has 0 fully saturated rings. The minimum atomic E-state index is 0. The molecular weight excluding hydrogens is 472 g/mol. The number of nitrogens with zero attached hydrogens (tertiary/aromatic N) is 6. The summed E-state index contributed by atoms with van der Waals surface area (Å²) in [6.45, 7) is 28.5. The summed E-state index contributed by atoms with van der Waals surface area (Å²) in [6, 6.07) is 0. The fraction of sp³-hybridized carbons (Fsp3) is 0. The van der Waals surface area contributed by atoms with E-state index in [2.05, 4.69) is 0 Å². The van der Waals surface area contributed by atoms with Crippen LogP contribution in [0.3, 0.4) is 0 Å². The van der Waals surface area contributed by atoms with Crippen LogP contribution in [0.25, 0.3) is 0 Å². The maximum atomic E-state index is 6.25. The fourth-order valence-corrected chi connectivity index (χ4v) is 0. The zero-order valence-electron chi connectivity index (χ0n) is 12.7. The number of hydrogen-bond donors (Lipinski definition) is 0. The molecule has 0 rings (SSSR count). The monoisotopic (exact) mass is 495 g/mol. The maximum absolute atomic E-state index is 6.25. The fourth-order valence-electron chi connectivity index (χ4n) is 0. The molecule has 0 unspecified atom stereocenters. The largest absolute Gasteiger partial charge is 3.00 e. The number of rotatable bonds is 0. The molecule has 0 saturated heterocycles. The van der Waals surface area contributed by atoms with Gasteiger partial charge in [-0.1, -0.05) is 0 Å². The van der Waals surface area contributed by atoms with Crippen molar-refractivity contribution in [2.45, 2.75) is 0 Å². The van der Waals surface area contributed by atoms with Crippen molar-refractivity contribution in [3.63, 3.8) is 0 Å². The van der Waals surface area contributed by atoms with Crippen LogP contribution < -0.4 is 0 Å². The van der Waals surface area contributed by atoms with E-state index in [-0.39, 0.29) is 102 Å². The zero-order chi connectivity index (χ0) is 12.0. The van der Waals surface area contributed by atoms with Gasteiger partial charge in [-0.3, -0.25) is 0 Å². The normalized spacial score (nSPS) is 0.462. The van der Waals surface area contributed by atoms with Crippen molar-refractivity contribution >= 4 is 0 Å². The van der Waals surface area contributed by atoms with Crippen LogP contribution >= 0.6 is 0 Å². The molecule has 26 heavy (non-hydrogen) atoms. The van der Waals surface area contributed by atoms with Gasteiger partial charge in [-0.2, -0.15) is 0 Å². The van der Waals surface area contributed by atoms with Crippen molar-refractivity contribution in [2.24, 2.45) is 0 Å². The van der Waals surface area contributed by atoms with Gasteiger partial charge >= 0.3 is 36.3 Å². The SMILES string of the molecule is O.O.O.O.O.O.O.O.O.O.O.O.[C-]#N.[C-]#N.[C-]#N.[C-]#N.[C-]#N.[C-]#N.[Co+3].[Zn+2]. The summed E-state index contributed by atoms with van der Waals surface area (Å²) < 4.78 is 0. The van der Waals surface area contributed by atoms with E-state index in [0.717, 1.165) is 0 Å². The Hall–Kier alpha value is -2.41. The molecule has 0 aromatic heterocycles. The topological polar surface area (TPSA) is 521 Å². The van der Waals surface area contributed by atoms with E-state index in [4.69, 9.17) is 71.0 Å². The summed E-state index contributed by atoms with van der Waals surface area (Å²) in [5, 5.41) is 37.5. The minimum absolute atomic E-state index is 0. The molecular formula is C6H24CoN6O12Zn-. The Kier molecular flexibility index (Phi) is 65100. The van der Waals surface area contributed by atoms with Gasteiger partial charge in [-0.05, 0) is 0 Å². The first-order chi connectivity index (χ1) is 6.00. The van der Waals surface area contributed by atoms with Crippen LogP contribution in [0.1, 0.15) is 0 Å². The Morgan fingerprint density at radius 1 is 0.231 bits per heavy atom. The third-order valence-electron chi connectivity index (χ3n) is 0. The zero-order valence-corrected chi connectivity index (χ0v) is 16.7. The van der Waals surface area contributed by atoms with Gasteiger partial charge in [-0.15, -0.1) is 0 Å². The van der Waals surface area contributed by atoms with Crippen molar-refractivity contribution < 1.29 is 102 Å². The molecule has 0 radical (unpaired) electrons. The Labute approximate surface area is 173 Å². The van der Waals surface area contributed by atoms with Gasteiger partial charge in [0.1, 0.15) is 0 Å². The molecule has 0 aliphatic heterocycles. The van der Waals surface area contributed by atoms with E-state index in [0.29, 0.717) is 0 Å². The third kappa shape index (κ3) is 1580. The maximum Gasteiger partial charge on any atom is 3.00 e. The van der Waals surface area contributed by atoms with E-state index in [9.17, 15) is 0 Å². The van der Waals surface area contributed by atoms with Crippen molar-refractivity contribution in [1.29, 1.82) is 31.6 Å². The first-order valence-corrected chi connectivity index (χ1v) is 1.34. The number of hydrogen-bond acceptors (Lipinski definition) is 6. The average molecular weight is 497 g/mol. The van der Waals surface area contributed by atoms with Crippen LogP contribution in [-0.2, 0) is 36.3 Å². The molecule has 0 aliphatic rings. The second-order valence-electron chi connectivity index (χ2n) is 0. The molecule has 18 nitrogen and oxygen atoms in total. The first kappa shape index (κ1) is 934. The van der Waals surface area contributed by atoms with Gasteiger partial charge < -0.3 is 137 Å². The predicted molar refractivity (Wildman–Crippen MR) is 73.2 cm³/mol. The van der Waals surface area contributed by atoms with Gasteiger partial charge in [0.05, 0.1) is 0 Å². The molecule has 0 aliphatic carbocycles. The van der Waals surface area contributed by atoms with Gasteiger partial charge in [0.2, 0.25) is 0 Å². The molecule has 0 aromatic rings.